The number of carbonyl (C=O) groups is 1. The molecule has 2 fully saturated rings. The maximum absolute atomic E-state index is 11.7. The Hall–Kier alpha value is -1.35. The molecule has 0 spiro atoms. The van der Waals surface area contributed by atoms with E-state index in [-0.39, 0.29) is 11.9 Å². The average Bonchev–Trinajstić information content (AvgIpc) is 2.84. The second-order valence-electron chi connectivity index (χ2n) is 5.36. The molecule has 1 aromatic rings. The SMILES string of the molecule is C[C@H](c1ccccc1)N1C[C@H]2CCOC(=O)[C@H]2C1. The van der Waals surface area contributed by atoms with Gasteiger partial charge < -0.3 is 4.74 Å². The molecule has 0 saturated carbocycles. The lowest BCUT2D eigenvalue weighted by Gasteiger charge is -2.24. The van der Waals surface area contributed by atoms with Crippen LogP contribution < -0.4 is 0 Å². The monoisotopic (exact) mass is 245 g/mol. The quantitative estimate of drug-likeness (QED) is 0.748. The van der Waals surface area contributed by atoms with E-state index in [1.807, 2.05) is 6.07 Å². The summed E-state index contributed by atoms with van der Waals surface area (Å²) in [5, 5.41) is 0. The second kappa shape index (κ2) is 4.73. The molecule has 0 aromatic heterocycles. The van der Waals surface area contributed by atoms with Crippen LogP contribution in [0.5, 0.6) is 0 Å². The van der Waals surface area contributed by atoms with E-state index in [9.17, 15) is 4.79 Å². The lowest BCUT2D eigenvalue weighted by atomic mass is 9.91. The summed E-state index contributed by atoms with van der Waals surface area (Å²) in [5.74, 6) is 0.608. The molecule has 2 aliphatic rings. The van der Waals surface area contributed by atoms with E-state index in [1.165, 1.54) is 5.56 Å². The minimum absolute atomic E-state index is 0.00834. The number of rotatable bonds is 2. The molecule has 18 heavy (non-hydrogen) atoms. The van der Waals surface area contributed by atoms with Gasteiger partial charge in [-0.1, -0.05) is 30.3 Å². The van der Waals surface area contributed by atoms with E-state index in [4.69, 9.17) is 4.74 Å². The molecule has 3 rings (SSSR count). The fourth-order valence-corrected chi connectivity index (χ4v) is 3.14. The predicted molar refractivity (Wildman–Crippen MR) is 69.0 cm³/mol. The molecular formula is C15H19NO2. The number of carbonyl (C=O) groups excluding carboxylic acids is 1. The molecule has 0 radical (unpaired) electrons. The Kier molecular flexibility index (Phi) is 3.08. The van der Waals surface area contributed by atoms with Crippen molar-refractivity contribution >= 4 is 5.97 Å². The van der Waals surface area contributed by atoms with Crippen LogP contribution in [0.15, 0.2) is 30.3 Å². The molecule has 1 aromatic carbocycles. The molecule has 2 heterocycles. The standard InChI is InChI=1S/C15H19NO2/c1-11(12-5-3-2-4-6-12)16-9-13-7-8-18-15(17)14(13)10-16/h2-6,11,13-14H,7-10H2,1H3/t11-,13-,14+/m1/s1. The van der Waals surface area contributed by atoms with Crippen LogP contribution in [0.25, 0.3) is 0 Å². The zero-order chi connectivity index (χ0) is 12.5. The number of hydrogen-bond acceptors (Lipinski definition) is 3. The molecule has 3 atom stereocenters. The Balaban J connectivity index is 1.73. The highest BCUT2D eigenvalue weighted by Gasteiger charge is 2.42. The molecule has 0 amide bonds. The average molecular weight is 245 g/mol. The minimum Gasteiger partial charge on any atom is -0.465 e. The van der Waals surface area contributed by atoms with Crippen molar-refractivity contribution in [2.75, 3.05) is 19.7 Å². The minimum atomic E-state index is 0.00834. The number of likely N-dealkylation sites (tertiary alicyclic amines) is 1. The molecule has 0 bridgehead atoms. The van der Waals surface area contributed by atoms with Crippen LogP contribution in [0, 0.1) is 11.8 Å². The molecule has 96 valence electrons. The van der Waals surface area contributed by atoms with E-state index in [1.54, 1.807) is 0 Å². The Morgan fingerprint density at radius 3 is 2.78 bits per heavy atom. The van der Waals surface area contributed by atoms with Crippen LogP contribution in [0.1, 0.15) is 24.9 Å². The van der Waals surface area contributed by atoms with Crippen LogP contribution in [0.4, 0.5) is 0 Å². The van der Waals surface area contributed by atoms with Crippen molar-refractivity contribution in [3.8, 4) is 0 Å². The van der Waals surface area contributed by atoms with Crippen molar-refractivity contribution in [1.29, 1.82) is 0 Å². The summed E-state index contributed by atoms with van der Waals surface area (Å²) in [4.78, 5) is 14.1. The molecule has 2 aliphatic heterocycles. The van der Waals surface area contributed by atoms with Gasteiger partial charge in [0, 0.05) is 19.1 Å². The highest BCUT2D eigenvalue weighted by molar-refractivity contribution is 5.74. The Bertz CT molecular complexity index is 431. The zero-order valence-electron chi connectivity index (χ0n) is 10.7. The fourth-order valence-electron chi connectivity index (χ4n) is 3.14. The molecule has 2 saturated heterocycles. The summed E-state index contributed by atoms with van der Waals surface area (Å²) in [6, 6.07) is 10.9. The van der Waals surface area contributed by atoms with E-state index in [2.05, 4.69) is 36.1 Å². The maximum atomic E-state index is 11.7. The van der Waals surface area contributed by atoms with Gasteiger partial charge in [0.05, 0.1) is 12.5 Å². The molecular weight excluding hydrogens is 226 g/mol. The summed E-state index contributed by atoms with van der Waals surface area (Å²) < 4.78 is 5.16. The lowest BCUT2D eigenvalue weighted by Crippen LogP contribution is -2.31. The van der Waals surface area contributed by atoms with Crippen molar-refractivity contribution in [2.45, 2.75) is 19.4 Å². The van der Waals surface area contributed by atoms with Crippen LogP contribution in [0.2, 0.25) is 0 Å². The van der Waals surface area contributed by atoms with Gasteiger partial charge in [-0.25, -0.2) is 0 Å². The number of esters is 1. The predicted octanol–water partition coefficient (Wildman–Crippen LogP) is 2.24. The van der Waals surface area contributed by atoms with Gasteiger partial charge in [-0.3, -0.25) is 9.69 Å². The third kappa shape index (κ3) is 2.03. The summed E-state index contributed by atoms with van der Waals surface area (Å²) in [5.41, 5.74) is 1.32. The number of hydrogen-bond donors (Lipinski definition) is 0. The van der Waals surface area contributed by atoms with Crippen molar-refractivity contribution in [3.63, 3.8) is 0 Å². The van der Waals surface area contributed by atoms with Gasteiger partial charge in [-0.05, 0) is 24.8 Å². The summed E-state index contributed by atoms with van der Waals surface area (Å²) >= 11 is 0. The first kappa shape index (κ1) is 11.7. The molecule has 3 heteroatoms. The van der Waals surface area contributed by atoms with E-state index in [0.717, 1.165) is 19.5 Å². The zero-order valence-corrected chi connectivity index (χ0v) is 10.7. The molecule has 0 unspecified atom stereocenters. The van der Waals surface area contributed by atoms with Gasteiger partial charge >= 0.3 is 5.97 Å². The van der Waals surface area contributed by atoms with Crippen molar-refractivity contribution < 1.29 is 9.53 Å². The summed E-state index contributed by atoms with van der Waals surface area (Å²) in [6.07, 6.45) is 1.02. The Morgan fingerprint density at radius 1 is 1.28 bits per heavy atom. The van der Waals surface area contributed by atoms with Crippen molar-refractivity contribution in [1.82, 2.24) is 4.90 Å². The first-order chi connectivity index (χ1) is 8.75. The third-order valence-corrected chi connectivity index (χ3v) is 4.33. The van der Waals surface area contributed by atoms with E-state index >= 15 is 0 Å². The van der Waals surface area contributed by atoms with Gasteiger partial charge in [-0.15, -0.1) is 0 Å². The summed E-state index contributed by atoms with van der Waals surface area (Å²) in [7, 11) is 0. The van der Waals surface area contributed by atoms with Crippen molar-refractivity contribution in [3.05, 3.63) is 35.9 Å². The van der Waals surface area contributed by atoms with E-state index < -0.39 is 0 Å². The van der Waals surface area contributed by atoms with Crippen LogP contribution in [-0.2, 0) is 9.53 Å². The van der Waals surface area contributed by atoms with Crippen molar-refractivity contribution in [2.24, 2.45) is 11.8 Å². The molecule has 0 aliphatic carbocycles. The lowest BCUT2D eigenvalue weighted by molar-refractivity contribution is -0.154. The second-order valence-corrected chi connectivity index (χ2v) is 5.36. The smallest absolute Gasteiger partial charge is 0.310 e. The normalized spacial score (nSPS) is 29.7. The molecule has 3 nitrogen and oxygen atoms in total. The van der Waals surface area contributed by atoms with E-state index in [0.29, 0.717) is 18.6 Å². The van der Waals surface area contributed by atoms with Gasteiger partial charge in [-0.2, -0.15) is 0 Å². The highest BCUT2D eigenvalue weighted by atomic mass is 16.5. The van der Waals surface area contributed by atoms with Gasteiger partial charge in [0.2, 0.25) is 0 Å². The largest absolute Gasteiger partial charge is 0.465 e. The van der Waals surface area contributed by atoms with Crippen LogP contribution in [-0.4, -0.2) is 30.6 Å². The number of ether oxygens (including phenoxy) is 1. The van der Waals surface area contributed by atoms with Crippen LogP contribution in [0.3, 0.4) is 0 Å². The molecule has 0 N–H and O–H groups in total. The van der Waals surface area contributed by atoms with Gasteiger partial charge in [0.1, 0.15) is 0 Å². The number of cyclic esters (lactones) is 1. The van der Waals surface area contributed by atoms with Crippen LogP contribution >= 0.6 is 0 Å². The van der Waals surface area contributed by atoms with Gasteiger partial charge in [0.15, 0.2) is 0 Å². The first-order valence-electron chi connectivity index (χ1n) is 6.71. The topological polar surface area (TPSA) is 29.5 Å². The maximum Gasteiger partial charge on any atom is 0.310 e. The Morgan fingerprint density at radius 2 is 2.06 bits per heavy atom. The first-order valence-corrected chi connectivity index (χ1v) is 6.71. The number of fused-ring (bicyclic) bond motifs is 1. The number of nitrogens with zero attached hydrogens (tertiary/aromatic N) is 1. The fraction of sp³-hybridized carbons (Fsp3) is 0.533. The Labute approximate surface area is 108 Å². The summed E-state index contributed by atoms with van der Waals surface area (Å²) in [6.45, 7) is 4.70. The number of benzene rings is 1. The third-order valence-electron chi connectivity index (χ3n) is 4.33. The highest BCUT2D eigenvalue weighted by Crippen LogP contribution is 2.35. The van der Waals surface area contributed by atoms with Gasteiger partial charge in [0.25, 0.3) is 0 Å².